The molecule has 6 heteroatoms. The van der Waals surface area contributed by atoms with Crippen LogP contribution in [0.25, 0.3) is 0 Å². The van der Waals surface area contributed by atoms with Crippen molar-refractivity contribution in [1.82, 2.24) is 9.97 Å². The first-order valence-electron chi connectivity index (χ1n) is 6.67. The lowest BCUT2D eigenvalue weighted by Gasteiger charge is -2.23. The molecule has 1 N–H and O–H groups in total. The Morgan fingerprint density at radius 1 is 1.37 bits per heavy atom. The maximum Gasteiger partial charge on any atom is 0.219 e. The Hall–Kier alpha value is -1.40. The summed E-state index contributed by atoms with van der Waals surface area (Å²) in [6.45, 7) is 4.71. The number of nitrogens with one attached hydrogen (secondary N) is 1. The van der Waals surface area contributed by atoms with E-state index in [9.17, 15) is 0 Å². The zero-order valence-electron chi connectivity index (χ0n) is 11.5. The van der Waals surface area contributed by atoms with Crippen LogP contribution in [0, 0.1) is 0 Å². The first-order valence-corrected chi connectivity index (χ1v) is 6.67. The van der Waals surface area contributed by atoms with Crippen molar-refractivity contribution in [3.05, 3.63) is 11.9 Å². The maximum absolute atomic E-state index is 5.90. The van der Waals surface area contributed by atoms with Crippen molar-refractivity contribution in [2.24, 2.45) is 0 Å². The Labute approximate surface area is 113 Å². The predicted molar refractivity (Wildman–Crippen MR) is 71.4 cm³/mol. The van der Waals surface area contributed by atoms with Crippen LogP contribution < -0.4 is 10.1 Å². The molecule has 2 heterocycles. The van der Waals surface area contributed by atoms with Gasteiger partial charge < -0.3 is 19.5 Å². The van der Waals surface area contributed by atoms with Crippen LogP contribution >= 0.6 is 0 Å². The van der Waals surface area contributed by atoms with Crippen molar-refractivity contribution in [2.75, 3.05) is 32.2 Å². The van der Waals surface area contributed by atoms with Gasteiger partial charge in [-0.05, 0) is 6.92 Å². The van der Waals surface area contributed by atoms with E-state index in [0.717, 1.165) is 38.4 Å². The monoisotopic (exact) mass is 267 g/mol. The Kier molecular flexibility index (Phi) is 5.35. The third kappa shape index (κ3) is 4.33. The molecule has 0 saturated carbocycles. The van der Waals surface area contributed by atoms with Crippen LogP contribution in [0.15, 0.2) is 6.07 Å². The van der Waals surface area contributed by atoms with Gasteiger partial charge in [-0.15, -0.1) is 0 Å². The second-order valence-corrected chi connectivity index (χ2v) is 4.40. The Morgan fingerprint density at radius 2 is 2.16 bits per heavy atom. The Balaban J connectivity index is 2.08. The minimum Gasteiger partial charge on any atom is -0.474 e. The molecule has 0 bridgehead atoms. The van der Waals surface area contributed by atoms with E-state index in [1.54, 1.807) is 7.11 Å². The van der Waals surface area contributed by atoms with Gasteiger partial charge in [-0.25, -0.2) is 4.98 Å². The first-order chi connectivity index (χ1) is 9.31. The number of ether oxygens (including phenoxy) is 3. The SMILES string of the molecule is CCNc1cc(OC2CCOCC2)nc(COC)n1. The van der Waals surface area contributed by atoms with E-state index in [-0.39, 0.29) is 6.10 Å². The summed E-state index contributed by atoms with van der Waals surface area (Å²) in [6, 6.07) is 1.83. The van der Waals surface area contributed by atoms with Gasteiger partial charge in [-0.2, -0.15) is 4.98 Å². The first kappa shape index (κ1) is 14.0. The summed E-state index contributed by atoms with van der Waals surface area (Å²) in [7, 11) is 1.63. The molecule has 106 valence electrons. The van der Waals surface area contributed by atoms with Crippen LogP contribution in [0.4, 0.5) is 5.82 Å². The molecule has 1 fully saturated rings. The lowest BCUT2D eigenvalue weighted by molar-refractivity contribution is 0.0234. The van der Waals surface area contributed by atoms with Crippen LogP contribution in [0.2, 0.25) is 0 Å². The smallest absolute Gasteiger partial charge is 0.219 e. The number of rotatable bonds is 6. The van der Waals surface area contributed by atoms with E-state index in [1.807, 2.05) is 13.0 Å². The average molecular weight is 267 g/mol. The van der Waals surface area contributed by atoms with Gasteiger partial charge in [0.25, 0.3) is 0 Å². The molecule has 1 aromatic rings. The molecule has 0 spiro atoms. The molecule has 1 aromatic heterocycles. The molecule has 0 amide bonds. The number of aromatic nitrogens is 2. The van der Waals surface area contributed by atoms with Gasteiger partial charge in [0.15, 0.2) is 5.82 Å². The van der Waals surface area contributed by atoms with Crippen LogP contribution in [-0.2, 0) is 16.1 Å². The minimum atomic E-state index is 0.175. The molecule has 1 saturated heterocycles. The standard InChI is InChI=1S/C13H21N3O3/c1-3-14-11-8-13(16-12(15-11)9-17-2)19-10-4-6-18-7-5-10/h8,10H,3-7,9H2,1-2H3,(H,14,15,16). The molecule has 0 atom stereocenters. The summed E-state index contributed by atoms with van der Waals surface area (Å²) >= 11 is 0. The fraction of sp³-hybridized carbons (Fsp3) is 0.692. The van der Waals surface area contributed by atoms with Crippen molar-refractivity contribution < 1.29 is 14.2 Å². The number of methoxy groups -OCH3 is 1. The summed E-state index contributed by atoms with van der Waals surface area (Å²) < 4.78 is 16.3. The molecule has 1 aliphatic rings. The summed E-state index contributed by atoms with van der Waals surface area (Å²) in [5.41, 5.74) is 0. The molecule has 6 nitrogen and oxygen atoms in total. The fourth-order valence-electron chi connectivity index (χ4n) is 1.96. The lowest BCUT2D eigenvalue weighted by atomic mass is 10.1. The van der Waals surface area contributed by atoms with E-state index in [4.69, 9.17) is 14.2 Å². The third-order valence-corrected chi connectivity index (χ3v) is 2.84. The molecule has 2 rings (SSSR count). The Bertz CT molecular complexity index is 370. The number of nitrogens with zero attached hydrogens (tertiary/aromatic N) is 2. The van der Waals surface area contributed by atoms with Gasteiger partial charge in [0.05, 0.1) is 13.2 Å². The quantitative estimate of drug-likeness (QED) is 0.844. The highest BCUT2D eigenvalue weighted by molar-refractivity contribution is 5.38. The third-order valence-electron chi connectivity index (χ3n) is 2.84. The van der Waals surface area contributed by atoms with Crippen molar-refractivity contribution in [1.29, 1.82) is 0 Å². The van der Waals surface area contributed by atoms with Crippen molar-refractivity contribution in [3.63, 3.8) is 0 Å². The zero-order chi connectivity index (χ0) is 13.5. The second kappa shape index (κ2) is 7.25. The normalized spacial score (nSPS) is 16.3. The molecule has 0 radical (unpaired) electrons. The van der Waals surface area contributed by atoms with Gasteiger partial charge in [0.2, 0.25) is 5.88 Å². The van der Waals surface area contributed by atoms with Gasteiger partial charge in [0, 0.05) is 32.6 Å². The van der Waals surface area contributed by atoms with E-state index in [0.29, 0.717) is 18.3 Å². The van der Waals surface area contributed by atoms with Crippen molar-refractivity contribution in [2.45, 2.75) is 32.5 Å². The summed E-state index contributed by atoms with van der Waals surface area (Å²) in [6.07, 6.45) is 1.98. The van der Waals surface area contributed by atoms with E-state index < -0.39 is 0 Å². The van der Waals surface area contributed by atoms with Crippen LogP contribution in [0.3, 0.4) is 0 Å². The molecule has 0 aliphatic carbocycles. The lowest BCUT2D eigenvalue weighted by Crippen LogP contribution is -2.26. The fourth-order valence-corrected chi connectivity index (χ4v) is 1.96. The van der Waals surface area contributed by atoms with Crippen LogP contribution in [0.5, 0.6) is 5.88 Å². The average Bonchev–Trinajstić information content (AvgIpc) is 2.40. The highest BCUT2D eigenvalue weighted by atomic mass is 16.5. The molecule has 1 aliphatic heterocycles. The van der Waals surface area contributed by atoms with Gasteiger partial charge in [-0.1, -0.05) is 0 Å². The highest BCUT2D eigenvalue weighted by Crippen LogP contribution is 2.19. The van der Waals surface area contributed by atoms with Crippen LogP contribution in [0.1, 0.15) is 25.6 Å². The molecule has 0 aromatic carbocycles. The number of hydrogen-bond donors (Lipinski definition) is 1. The Morgan fingerprint density at radius 3 is 2.84 bits per heavy atom. The molecular formula is C13H21N3O3. The van der Waals surface area contributed by atoms with E-state index in [1.165, 1.54) is 0 Å². The van der Waals surface area contributed by atoms with E-state index >= 15 is 0 Å². The van der Waals surface area contributed by atoms with Crippen LogP contribution in [-0.4, -0.2) is 42.9 Å². The second-order valence-electron chi connectivity index (χ2n) is 4.40. The maximum atomic E-state index is 5.90. The predicted octanol–water partition coefficient (Wildman–Crippen LogP) is 1.61. The molecule has 19 heavy (non-hydrogen) atoms. The van der Waals surface area contributed by atoms with Crippen molar-refractivity contribution in [3.8, 4) is 5.88 Å². The van der Waals surface area contributed by atoms with Gasteiger partial charge >= 0.3 is 0 Å². The minimum absolute atomic E-state index is 0.175. The van der Waals surface area contributed by atoms with Gasteiger partial charge in [0.1, 0.15) is 18.5 Å². The number of anilines is 1. The molecular weight excluding hydrogens is 246 g/mol. The van der Waals surface area contributed by atoms with E-state index in [2.05, 4.69) is 15.3 Å². The summed E-state index contributed by atoms with van der Waals surface area (Å²) in [5.74, 6) is 2.00. The number of hydrogen-bond acceptors (Lipinski definition) is 6. The van der Waals surface area contributed by atoms with Gasteiger partial charge in [-0.3, -0.25) is 0 Å². The largest absolute Gasteiger partial charge is 0.474 e. The summed E-state index contributed by atoms with van der Waals surface area (Å²) in [5, 5.41) is 3.17. The topological polar surface area (TPSA) is 65.5 Å². The van der Waals surface area contributed by atoms with Crippen molar-refractivity contribution >= 4 is 5.82 Å². The molecule has 0 unspecified atom stereocenters. The zero-order valence-corrected chi connectivity index (χ0v) is 11.5. The summed E-state index contributed by atoms with van der Waals surface area (Å²) in [4.78, 5) is 8.71. The highest BCUT2D eigenvalue weighted by Gasteiger charge is 2.16.